The molecular formula is C15H14ClN3O2. The Balaban J connectivity index is 1.99. The standard InChI is InChI=1S/C15H14ClN3O2/c16-12-4-2-6-14(19(20)21)11(12)9-18-8-7-10-3-1-5-13(17)15(10)18/h1-6H,7-9,17H2. The molecule has 0 fully saturated rings. The Bertz CT molecular complexity index is 718. The normalized spacial score (nSPS) is 13.3. The van der Waals surface area contributed by atoms with E-state index in [9.17, 15) is 10.1 Å². The summed E-state index contributed by atoms with van der Waals surface area (Å²) in [7, 11) is 0. The molecule has 0 unspecified atom stereocenters. The van der Waals surface area contributed by atoms with Gasteiger partial charge in [0.2, 0.25) is 0 Å². The third kappa shape index (κ3) is 2.40. The van der Waals surface area contributed by atoms with Crippen molar-refractivity contribution in [2.45, 2.75) is 13.0 Å². The molecular weight excluding hydrogens is 290 g/mol. The predicted molar refractivity (Wildman–Crippen MR) is 83.7 cm³/mol. The van der Waals surface area contributed by atoms with E-state index in [-0.39, 0.29) is 5.69 Å². The van der Waals surface area contributed by atoms with Crippen LogP contribution in [0.15, 0.2) is 36.4 Å². The SMILES string of the molecule is Nc1cccc2c1N(Cc1c(Cl)cccc1[N+](=O)[O-])CC2. The molecule has 2 aromatic carbocycles. The van der Waals surface area contributed by atoms with Crippen LogP contribution in [0.1, 0.15) is 11.1 Å². The lowest BCUT2D eigenvalue weighted by Gasteiger charge is -2.21. The molecule has 0 atom stereocenters. The molecule has 2 aromatic rings. The Morgan fingerprint density at radius 2 is 2.05 bits per heavy atom. The molecule has 5 nitrogen and oxygen atoms in total. The molecule has 0 aliphatic carbocycles. The summed E-state index contributed by atoms with van der Waals surface area (Å²) < 4.78 is 0. The highest BCUT2D eigenvalue weighted by atomic mass is 35.5. The molecule has 0 radical (unpaired) electrons. The van der Waals surface area contributed by atoms with Gasteiger partial charge in [0.15, 0.2) is 0 Å². The summed E-state index contributed by atoms with van der Waals surface area (Å²) in [5.41, 5.74) is 9.45. The number of nitrogens with two attached hydrogens (primary N) is 1. The maximum Gasteiger partial charge on any atom is 0.275 e. The van der Waals surface area contributed by atoms with Crippen LogP contribution in [0, 0.1) is 10.1 Å². The Labute approximate surface area is 127 Å². The van der Waals surface area contributed by atoms with Crippen LogP contribution in [0.4, 0.5) is 17.1 Å². The highest BCUT2D eigenvalue weighted by molar-refractivity contribution is 6.31. The number of anilines is 2. The summed E-state index contributed by atoms with van der Waals surface area (Å²) in [5.74, 6) is 0. The highest BCUT2D eigenvalue weighted by Gasteiger charge is 2.25. The first-order valence-corrected chi connectivity index (χ1v) is 7.00. The number of nitro groups is 1. The van der Waals surface area contributed by atoms with Gasteiger partial charge in [0, 0.05) is 12.6 Å². The number of rotatable bonds is 3. The summed E-state index contributed by atoms with van der Waals surface area (Å²) in [6.45, 7) is 1.17. The van der Waals surface area contributed by atoms with Crippen LogP contribution in [0.3, 0.4) is 0 Å². The molecule has 3 rings (SSSR count). The largest absolute Gasteiger partial charge is 0.397 e. The monoisotopic (exact) mass is 303 g/mol. The third-order valence-corrected chi connectivity index (χ3v) is 4.11. The van der Waals surface area contributed by atoms with Crippen molar-refractivity contribution in [3.8, 4) is 0 Å². The molecule has 0 saturated heterocycles. The number of nitro benzene ring substituents is 1. The molecule has 1 aliphatic heterocycles. The van der Waals surface area contributed by atoms with Crippen LogP contribution in [0.2, 0.25) is 5.02 Å². The van der Waals surface area contributed by atoms with Gasteiger partial charge in [-0.1, -0.05) is 29.8 Å². The minimum Gasteiger partial charge on any atom is -0.397 e. The first kappa shape index (κ1) is 13.7. The van der Waals surface area contributed by atoms with Crippen molar-refractivity contribution < 1.29 is 4.92 Å². The Hall–Kier alpha value is -2.27. The molecule has 1 aliphatic rings. The van der Waals surface area contributed by atoms with Gasteiger partial charge < -0.3 is 10.6 Å². The number of hydrogen-bond acceptors (Lipinski definition) is 4. The van der Waals surface area contributed by atoms with E-state index in [0.29, 0.717) is 22.8 Å². The molecule has 1 heterocycles. The van der Waals surface area contributed by atoms with E-state index in [4.69, 9.17) is 17.3 Å². The van der Waals surface area contributed by atoms with Crippen molar-refractivity contribution in [1.82, 2.24) is 0 Å². The number of nitrogens with zero attached hydrogens (tertiary/aromatic N) is 2. The summed E-state index contributed by atoms with van der Waals surface area (Å²) >= 11 is 6.16. The van der Waals surface area contributed by atoms with Gasteiger partial charge in [-0.05, 0) is 24.1 Å². The fourth-order valence-corrected chi connectivity index (χ4v) is 3.02. The number of fused-ring (bicyclic) bond motifs is 1. The molecule has 0 amide bonds. The Morgan fingerprint density at radius 3 is 2.81 bits per heavy atom. The van der Waals surface area contributed by atoms with Crippen LogP contribution < -0.4 is 10.6 Å². The zero-order valence-corrected chi connectivity index (χ0v) is 12.0. The number of para-hydroxylation sites is 1. The number of nitrogen functional groups attached to an aromatic ring is 1. The van der Waals surface area contributed by atoms with Crippen molar-refractivity contribution in [1.29, 1.82) is 0 Å². The van der Waals surface area contributed by atoms with Crippen LogP contribution in [-0.2, 0) is 13.0 Å². The molecule has 6 heteroatoms. The van der Waals surface area contributed by atoms with Crippen LogP contribution in [0.25, 0.3) is 0 Å². The first-order chi connectivity index (χ1) is 10.1. The van der Waals surface area contributed by atoms with Gasteiger partial charge in [-0.3, -0.25) is 10.1 Å². The summed E-state index contributed by atoms with van der Waals surface area (Å²) in [6, 6.07) is 10.6. The fourth-order valence-electron chi connectivity index (χ4n) is 2.79. The van der Waals surface area contributed by atoms with E-state index in [1.54, 1.807) is 12.1 Å². The van der Waals surface area contributed by atoms with Crippen molar-refractivity contribution in [3.63, 3.8) is 0 Å². The lowest BCUT2D eigenvalue weighted by atomic mass is 10.1. The molecule has 0 saturated carbocycles. The average molecular weight is 304 g/mol. The quantitative estimate of drug-likeness (QED) is 0.536. The maximum atomic E-state index is 11.2. The van der Waals surface area contributed by atoms with Gasteiger partial charge in [-0.2, -0.15) is 0 Å². The lowest BCUT2D eigenvalue weighted by molar-refractivity contribution is -0.385. The topological polar surface area (TPSA) is 72.4 Å². The summed E-state index contributed by atoms with van der Waals surface area (Å²) in [5, 5.41) is 11.6. The van der Waals surface area contributed by atoms with E-state index >= 15 is 0 Å². The van der Waals surface area contributed by atoms with Crippen molar-refractivity contribution in [2.75, 3.05) is 17.2 Å². The highest BCUT2D eigenvalue weighted by Crippen LogP contribution is 2.37. The van der Waals surface area contributed by atoms with Gasteiger partial charge in [-0.25, -0.2) is 0 Å². The first-order valence-electron chi connectivity index (χ1n) is 6.62. The fraction of sp³-hybridized carbons (Fsp3) is 0.200. The third-order valence-electron chi connectivity index (χ3n) is 3.76. The van der Waals surface area contributed by atoms with Crippen LogP contribution in [0.5, 0.6) is 0 Å². The Morgan fingerprint density at radius 1 is 1.29 bits per heavy atom. The van der Waals surface area contributed by atoms with Gasteiger partial charge in [0.1, 0.15) is 0 Å². The van der Waals surface area contributed by atoms with Gasteiger partial charge in [0.25, 0.3) is 5.69 Å². The smallest absolute Gasteiger partial charge is 0.275 e. The molecule has 2 N–H and O–H groups in total. The second-order valence-corrected chi connectivity index (χ2v) is 5.43. The maximum absolute atomic E-state index is 11.2. The van der Waals surface area contributed by atoms with Crippen molar-refractivity contribution >= 4 is 28.7 Å². The molecule has 108 valence electrons. The predicted octanol–water partition coefficient (Wildman–Crippen LogP) is 3.39. The van der Waals surface area contributed by atoms with Gasteiger partial charge in [-0.15, -0.1) is 0 Å². The van der Waals surface area contributed by atoms with Crippen molar-refractivity contribution in [2.24, 2.45) is 0 Å². The second-order valence-electron chi connectivity index (χ2n) is 5.02. The molecule has 0 bridgehead atoms. The van der Waals surface area contributed by atoms with E-state index < -0.39 is 4.92 Å². The minimum atomic E-state index is -0.396. The minimum absolute atomic E-state index is 0.0467. The number of halogens is 1. The zero-order chi connectivity index (χ0) is 15.0. The van der Waals surface area contributed by atoms with Gasteiger partial charge in [0.05, 0.1) is 33.4 Å². The summed E-state index contributed by atoms with van der Waals surface area (Å²) in [6.07, 6.45) is 0.888. The van der Waals surface area contributed by atoms with E-state index in [2.05, 4.69) is 4.90 Å². The van der Waals surface area contributed by atoms with Crippen molar-refractivity contribution in [3.05, 3.63) is 62.7 Å². The van der Waals surface area contributed by atoms with E-state index in [0.717, 1.165) is 18.7 Å². The molecule has 21 heavy (non-hydrogen) atoms. The lowest BCUT2D eigenvalue weighted by Crippen LogP contribution is -2.21. The molecule has 0 spiro atoms. The average Bonchev–Trinajstić information content (AvgIpc) is 2.85. The zero-order valence-electron chi connectivity index (χ0n) is 11.3. The van der Waals surface area contributed by atoms with E-state index in [1.165, 1.54) is 11.6 Å². The number of hydrogen-bond donors (Lipinski definition) is 1. The van der Waals surface area contributed by atoms with Gasteiger partial charge >= 0.3 is 0 Å². The molecule has 0 aromatic heterocycles. The van der Waals surface area contributed by atoms with E-state index in [1.807, 2.05) is 18.2 Å². The number of benzene rings is 2. The Kier molecular flexibility index (Phi) is 3.43. The van der Waals surface area contributed by atoms with Crippen LogP contribution >= 0.6 is 11.6 Å². The summed E-state index contributed by atoms with van der Waals surface area (Å²) in [4.78, 5) is 12.8. The van der Waals surface area contributed by atoms with Crippen LogP contribution in [-0.4, -0.2) is 11.5 Å². The second kappa shape index (κ2) is 5.26.